The van der Waals surface area contributed by atoms with Crippen molar-refractivity contribution in [2.75, 3.05) is 0 Å². The molecule has 1 fully saturated rings. The first-order valence-corrected chi connectivity index (χ1v) is 6.39. The molecule has 2 N–H and O–H groups in total. The van der Waals surface area contributed by atoms with Crippen LogP contribution in [0.5, 0.6) is 0 Å². The van der Waals surface area contributed by atoms with E-state index in [1.807, 2.05) is 4.68 Å². The average Bonchev–Trinajstić information content (AvgIpc) is 2.96. The molecule has 84 valence electrons. The summed E-state index contributed by atoms with van der Waals surface area (Å²) in [6.07, 6.45) is 2.19. The van der Waals surface area contributed by atoms with Gasteiger partial charge in [-0.15, -0.1) is 0 Å². The Morgan fingerprint density at radius 1 is 1.50 bits per heavy atom. The summed E-state index contributed by atoms with van der Waals surface area (Å²) in [4.78, 5) is 0. The van der Waals surface area contributed by atoms with Gasteiger partial charge in [-0.2, -0.15) is 5.10 Å². The molecule has 0 radical (unpaired) electrons. The normalized spacial score (nSPS) is 17.9. The predicted octanol–water partition coefficient (Wildman–Crippen LogP) is 2.77. The van der Waals surface area contributed by atoms with Gasteiger partial charge >= 0.3 is 0 Å². The zero-order valence-corrected chi connectivity index (χ0v) is 10.8. The zero-order chi connectivity index (χ0) is 11.3. The summed E-state index contributed by atoms with van der Waals surface area (Å²) in [6, 6.07) is 6.34. The number of aromatic nitrogens is 2. The molecule has 1 aliphatic carbocycles. The minimum Gasteiger partial charge on any atom is -0.321 e. The molecule has 0 amide bonds. The number of fused-ring (bicyclic) bond motifs is 1. The molecule has 0 atom stereocenters. The minimum atomic E-state index is -0.0675. The molecular weight excluding hydrogens is 266 g/mol. The van der Waals surface area contributed by atoms with Crippen LogP contribution in [0, 0.1) is 0 Å². The number of nitrogens with two attached hydrogens (primary N) is 1. The maximum atomic E-state index is 6.21. The van der Waals surface area contributed by atoms with Crippen molar-refractivity contribution in [3.05, 3.63) is 28.4 Å². The van der Waals surface area contributed by atoms with Gasteiger partial charge in [0.25, 0.3) is 0 Å². The molecule has 4 heteroatoms. The topological polar surface area (TPSA) is 43.8 Å². The SMILES string of the molecule is CCn1nc2ccc(C3(N)CC3)cc2c1Br. The summed E-state index contributed by atoms with van der Waals surface area (Å²) in [5, 5.41) is 5.67. The Labute approximate surface area is 103 Å². The van der Waals surface area contributed by atoms with Gasteiger partial charge in [0.15, 0.2) is 0 Å². The van der Waals surface area contributed by atoms with Crippen LogP contribution in [0.1, 0.15) is 25.3 Å². The Bertz CT molecular complexity index is 555. The summed E-state index contributed by atoms with van der Waals surface area (Å²) < 4.78 is 3.01. The van der Waals surface area contributed by atoms with Gasteiger partial charge in [-0.25, -0.2) is 0 Å². The number of halogens is 1. The van der Waals surface area contributed by atoms with Crippen molar-refractivity contribution in [1.29, 1.82) is 0 Å². The van der Waals surface area contributed by atoms with Crippen molar-refractivity contribution in [2.24, 2.45) is 5.73 Å². The predicted molar refractivity (Wildman–Crippen MR) is 68.2 cm³/mol. The number of hydrogen-bond donors (Lipinski definition) is 1. The van der Waals surface area contributed by atoms with Crippen LogP contribution in [0.25, 0.3) is 10.9 Å². The summed E-state index contributed by atoms with van der Waals surface area (Å²) >= 11 is 3.59. The van der Waals surface area contributed by atoms with Crippen LogP contribution in [0.2, 0.25) is 0 Å². The molecule has 0 spiro atoms. The third kappa shape index (κ3) is 1.40. The van der Waals surface area contributed by atoms with Gasteiger partial charge in [0.2, 0.25) is 0 Å². The molecular formula is C12H14BrN3. The molecule has 1 saturated carbocycles. The maximum Gasteiger partial charge on any atom is 0.111 e. The monoisotopic (exact) mass is 279 g/mol. The van der Waals surface area contributed by atoms with Crippen molar-refractivity contribution >= 4 is 26.8 Å². The molecule has 1 aromatic heterocycles. The molecule has 2 aromatic rings. The molecule has 1 aliphatic rings. The van der Waals surface area contributed by atoms with E-state index in [1.165, 1.54) is 5.56 Å². The van der Waals surface area contributed by atoms with Crippen LogP contribution in [0.15, 0.2) is 22.8 Å². The zero-order valence-electron chi connectivity index (χ0n) is 9.20. The van der Waals surface area contributed by atoms with Gasteiger partial charge in [0.05, 0.1) is 5.52 Å². The Balaban J connectivity index is 2.20. The first kappa shape index (κ1) is 10.3. The number of benzene rings is 1. The summed E-state index contributed by atoms with van der Waals surface area (Å²) in [5.41, 5.74) is 8.40. The third-order valence-corrected chi connectivity index (χ3v) is 4.17. The van der Waals surface area contributed by atoms with Gasteiger partial charge in [-0.3, -0.25) is 4.68 Å². The quantitative estimate of drug-likeness (QED) is 0.919. The van der Waals surface area contributed by atoms with Crippen LogP contribution < -0.4 is 5.73 Å². The fraction of sp³-hybridized carbons (Fsp3) is 0.417. The first-order valence-electron chi connectivity index (χ1n) is 5.59. The van der Waals surface area contributed by atoms with Crippen molar-refractivity contribution in [3.8, 4) is 0 Å². The molecule has 3 nitrogen and oxygen atoms in total. The Kier molecular flexibility index (Phi) is 2.13. The lowest BCUT2D eigenvalue weighted by molar-refractivity contribution is 0.653. The van der Waals surface area contributed by atoms with E-state index in [1.54, 1.807) is 0 Å². The van der Waals surface area contributed by atoms with E-state index >= 15 is 0 Å². The lowest BCUT2D eigenvalue weighted by Crippen LogP contribution is -2.18. The van der Waals surface area contributed by atoms with Crippen molar-refractivity contribution < 1.29 is 0 Å². The van der Waals surface area contributed by atoms with Crippen LogP contribution in [0.3, 0.4) is 0 Å². The van der Waals surface area contributed by atoms with Gasteiger partial charge in [-0.05, 0) is 53.4 Å². The Morgan fingerprint density at radius 2 is 2.25 bits per heavy atom. The first-order chi connectivity index (χ1) is 7.64. The highest BCUT2D eigenvalue weighted by Crippen LogP contribution is 2.43. The van der Waals surface area contributed by atoms with Crippen LogP contribution >= 0.6 is 15.9 Å². The Hall–Kier alpha value is -0.870. The highest BCUT2D eigenvalue weighted by Gasteiger charge is 2.40. The van der Waals surface area contributed by atoms with Gasteiger partial charge in [-0.1, -0.05) is 6.07 Å². The molecule has 0 saturated heterocycles. The van der Waals surface area contributed by atoms with Crippen LogP contribution in [0.4, 0.5) is 0 Å². The van der Waals surface area contributed by atoms with Gasteiger partial charge in [0, 0.05) is 17.5 Å². The summed E-state index contributed by atoms with van der Waals surface area (Å²) in [7, 11) is 0. The standard InChI is InChI=1S/C12H14BrN3/c1-2-16-11(13)9-7-8(12(14)5-6-12)3-4-10(9)15-16/h3-4,7H,2,5-6,14H2,1H3. The molecule has 0 unspecified atom stereocenters. The van der Waals surface area contributed by atoms with Crippen LogP contribution in [-0.2, 0) is 12.1 Å². The van der Waals surface area contributed by atoms with E-state index in [0.29, 0.717) is 0 Å². The highest BCUT2D eigenvalue weighted by molar-refractivity contribution is 9.10. The van der Waals surface area contributed by atoms with E-state index < -0.39 is 0 Å². The van der Waals surface area contributed by atoms with E-state index in [9.17, 15) is 0 Å². The number of nitrogens with zero attached hydrogens (tertiary/aromatic N) is 2. The Morgan fingerprint density at radius 3 is 2.88 bits per heavy atom. The lowest BCUT2D eigenvalue weighted by atomic mass is 10.0. The smallest absolute Gasteiger partial charge is 0.111 e. The molecule has 16 heavy (non-hydrogen) atoms. The number of rotatable bonds is 2. The maximum absolute atomic E-state index is 6.21. The lowest BCUT2D eigenvalue weighted by Gasteiger charge is -2.08. The molecule has 0 bridgehead atoms. The second-order valence-corrected chi connectivity index (χ2v) is 5.25. The second-order valence-electron chi connectivity index (χ2n) is 4.49. The molecule has 3 rings (SSSR count). The average molecular weight is 280 g/mol. The van der Waals surface area contributed by atoms with Crippen molar-refractivity contribution in [2.45, 2.75) is 31.8 Å². The molecule has 0 aliphatic heterocycles. The van der Waals surface area contributed by atoms with Crippen LogP contribution in [-0.4, -0.2) is 9.78 Å². The van der Waals surface area contributed by atoms with E-state index in [0.717, 1.165) is 34.9 Å². The number of hydrogen-bond acceptors (Lipinski definition) is 2. The second kappa shape index (κ2) is 3.31. The van der Waals surface area contributed by atoms with E-state index in [4.69, 9.17) is 5.73 Å². The van der Waals surface area contributed by atoms with Gasteiger partial charge in [0.1, 0.15) is 4.60 Å². The largest absolute Gasteiger partial charge is 0.321 e. The molecule has 1 heterocycles. The number of aryl methyl sites for hydroxylation is 1. The fourth-order valence-electron chi connectivity index (χ4n) is 2.04. The molecule has 1 aromatic carbocycles. The summed E-state index contributed by atoms with van der Waals surface area (Å²) in [6.45, 7) is 2.96. The summed E-state index contributed by atoms with van der Waals surface area (Å²) in [5.74, 6) is 0. The fourth-order valence-corrected chi connectivity index (χ4v) is 2.69. The highest BCUT2D eigenvalue weighted by atomic mass is 79.9. The van der Waals surface area contributed by atoms with Gasteiger partial charge < -0.3 is 5.73 Å². The van der Waals surface area contributed by atoms with Crippen molar-refractivity contribution in [3.63, 3.8) is 0 Å². The minimum absolute atomic E-state index is 0.0675. The van der Waals surface area contributed by atoms with E-state index in [-0.39, 0.29) is 5.54 Å². The van der Waals surface area contributed by atoms with Crippen molar-refractivity contribution in [1.82, 2.24) is 9.78 Å². The third-order valence-electron chi connectivity index (χ3n) is 3.34. The van der Waals surface area contributed by atoms with E-state index in [2.05, 4.69) is 46.2 Å².